The maximum Gasteiger partial charge on any atom is 0.318 e. The number of nitrogens with one attached hydrogen (secondary N) is 2. The molecule has 4 rings (SSSR count). The fraction of sp³-hybridized carbons (Fsp3) is 0.351. The summed E-state index contributed by atoms with van der Waals surface area (Å²) >= 11 is 9.09. The van der Waals surface area contributed by atoms with Crippen molar-refractivity contribution in [3.05, 3.63) is 174 Å². The number of carbonyl (C=O) groups excluding carboxylic acids is 3. The summed E-state index contributed by atoms with van der Waals surface area (Å²) in [4.78, 5) is 32.8. The first kappa shape index (κ1) is 62.7. The summed E-state index contributed by atoms with van der Waals surface area (Å²) in [7, 11) is 0. The minimum absolute atomic E-state index is 0.00161. The molecular formula is C57H71Br3N2O10. The first-order valence-corrected chi connectivity index (χ1v) is 26.9. The van der Waals surface area contributed by atoms with Gasteiger partial charge in [0.25, 0.3) is 0 Å². The lowest BCUT2D eigenvalue weighted by Crippen LogP contribution is -2.09. The van der Waals surface area contributed by atoms with Gasteiger partial charge in [-0.05, 0) is 120 Å². The van der Waals surface area contributed by atoms with Gasteiger partial charge < -0.3 is 43.8 Å². The molecule has 72 heavy (non-hydrogen) atoms. The van der Waals surface area contributed by atoms with Crippen molar-refractivity contribution in [2.45, 2.75) is 60.3 Å². The number of carbonyl (C=O) groups is 3. The zero-order chi connectivity index (χ0) is 52.4. The molecule has 0 unspecified atom stereocenters. The number of anilines is 2. The largest absolute Gasteiger partial charge is 0.489 e. The van der Waals surface area contributed by atoms with Crippen LogP contribution < -0.4 is 20.1 Å². The lowest BCUT2D eigenvalue weighted by atomic mass is 10.1. The van der Waals surface area contributed by atoms with E-state index in [1.54, 1.807) is 0 Å². The Balaban J connectivity index is 0.000000372. The smallest absolute Gasteiger partial charge is 0.318 e. The van der Waals surface area contributed by atoms with Crippen molar-refractivity contribution >= 4 is 77.1 Å². The average Bonchev–Trinajstić information content (AvgIpc) is 3.40. The van der Waals surface area contributed by atoms with Crippen LogP contribution in [-0.4, -0.2) is 87.0 Å². The Morgan fingerprint density at radius 1 is 0.458 bits per heavy atom. The number of alkyl halides is 3. The van der Waals surface area contributed by atoms with Crippen molar-refractivity contribution in [3.8, 4) is 17.2 Å². The van der Waals surface area contributed by atoms with E-state index in [-0.39, 0.29) is 47.5 Å². The Morgan fingerprint density at radius 3 is 1.36 bits per heavy atom. The van der Waals surface area contributed by atoms with Crippen LogP contribution in [0, 0.1) is 0 Å². The molecule has 12 nitrogen and oxygen atoms in total. The molecule has 0 radical (unpaired) electrons. The van der Waals surface area contributed by atoms with Crippen LogP contribution in [-0.2, 0) is 38.1 Å². The molecule has 390 valence electrons. The minimum Gasteiger partial charge on any atom is -0.489 e. The predicted molar refractivity (Wildman–Crippen MR) is 302 cm³/mol. The molecule has 15 heteroatoms. The number of esters is 3. The molecule has 0 aliphatic heterocycles. The van der Waals surface area contributed by atoms with Gasteiger partial charge in [0.2, 0.25) is 0 Å². The zero-order valence-electron chi connectivity index (χ0n) is 42.2. The number of para-hydroxylation sites is 3. The SMILES string of the molecule is C/C(=C\COC(=O)CBr)CC/C=C(\C)CNc1ccccc1.C/C(=C\COCOC(=O)CBr)CC/C=C(\C)CNc1ccccc1.C/C(=C\COCOC(=O)CBr)COc1cccc(Oc2ccccc2)c1. The molecule has 0 spiro atoms. The molecule has 0 saturated heterocycles. The minimum atomic E-state index is -0.355. The monoisotopic (exact) mass is 1180 g/mol. The normalized spacial score (nSPS) is 11.8. The third-order valence-electron chi connectivity index (χ3n) is 9.71. The standard InChI is InChI=1S/C20H21BrO5.C19H26BrNO3.C18H24BrNO2/c1-16(10-11-23-15-25-20(22)13-21)14-24-18-8-5-9-19(12-18)26-17-6-3-2-4-7-17;1-16(11-12-23-15-24-19(22)13-20)7-6-8-17(2)14-21-18-9-4-3-5-10-18;1-15(11-12-22-18(21)13-19)7-6-8-16(2)14-20-17-9-4-3-5-10-17/h2-10,12H,11,13-15H2,1H3;3-5,8-11,21H,6-7,12-15H2,1-2H3;3-5,8-11,20H,6-7,12-14H2,1-2H3/b16-10+;16-11+,17-8+;15-11+,16-8+. The summed E-state index contributed by atoms with van der Waals surface area (Å²) < 4.78 is 36.5. The van der Waals surface area contributed by atoms with Crippen molar-refractivity contribution in [2.75, 3.05) is 79.7 Å². The number of ether oxygens (including phenoxy) is 7. The van der Waals surface area contributed by atoms with Crippen LogP contribution >= 0.6 is 47.8 Å². The highest BCUT2D eigenvalue weighted by molar-refractivity contribution is 9.09. The van der Waals surface area contributed by atoms with Gasteiger partial charge in [-0.1, -0.05) is 155 Å². The first-order chi connectivity index (χ1) is 34.9. The van der Waals surface area contributed by atoms with Crippen LogP contribution in [0.25, 0.3) is 0 Å². The van der Waals surface area contributed by atoms with Crippen LogP contribution in [0.15, 0.2) is 174 Å². The molecule has 0 amide bonds. The third kappa shape index (κ3) is 34.0. The van der Waals surface area contributed by atoms with Gasteiger partial charge in [0, 0.05) is 30.5 Å². The van der Waals surface area contributed by atoms with E-state index in [2.05, 4.69) is 123 Å². The Kier molecular flexibility index (Phi) is 35.7. The average molecular weight is 1180 g/mol. The summed E-state index contributed by atoms with van der Waals surface area (Å²) in [5.41, 5.74) is 8.43. The summed E-state index contributed by atoms with van der Waals surface area (Å²) in [6.07, 6.45) is 14.3. The molecule has 0 aliphatic rings. The van der Waals surface area contributed by atoms with Crippen LogP contribution in [0.2, 0.25) is 0 Å². The molecule has 0 aromatic heterocycles. The Hall–Kier alpha value is -5.45. The number of rotatable bonds is 30. The molecule has 4 aromatic rings. The Bertz CT molecular complexity index is 2270. The number of benzene rings is 4. The number of hydrogen-bond donors (Lipinski definition) is 2. The summed E-state index contributed by atoms with van der Waals surface area (Å²) in [6, 6.07) is 37.5. The first-order valence-electron chi connectivity index (χ1n) is 23.5. The number of halogens is 3. The predicted octanol–water partition coefficient (Wildman–Crippen LogP) is 14.1. The van der Waals surface area contributed by atoms with Crippen molar-refractivity contribution in [1.82, 2.24) is 0 Å². The summed E-state index contributed by atoms with van der Waals surface area (Å²) in [5.74, 6) is 1.31. The molecule has 0 fully saturated rings. The van der Waals surface area contributed by atoms with E-state index in [1.807, 2.05) is 116 Å². The molecule has 2 N–H and O–H groups in total. The van der Waals surface area contributed by atoms with E-state index in [0.29, 0.717) is 32.2 Å². The number of hydrogen-bond acceptors (Lipinski definition) is 12. The van der Waals surface area contributed by atoms with Gasteiger partial charge in [0.05, 0.1) is 13.2 Å². The van der Waals surface area contributed by atoms with E-state index in [1.165, 1.54) is 22.3 Å². The molecule has 0 heterocycles. The number of allylic oxidation sites excluding steroid dienone is 4. The third-order valence-corrected chi connectivity index (χ3v) is 11.1. The lowest BCUT2D eigenvalue weighted by molar-refractivity contribution is -0.152. The van der Waals surface area contributed by atoms with Crippen LogP contribution in [0.5, 0.6) is 17.2 Å². The highest BCUT2D eigenvalue weighted by atomic mass is 79.9. The quantitative estimate of drug-likeness (QED) is 0.0128. The maximum absolute atomic E-state index is 11.0. The van der Waals surface area contributed by atoms with Gasteiger partial charge in [-0.25, -0.2) is 0 Å². The zero-order valence-corrected chi connectivity index (χ0v) is 46.9. The second-order valence-corrected chi connectivity index (χ2v) is 17.7. The molecule has 0 atom stereocenters. The molecular weight excluding hydrogens is 1110 g/mol. The van der Waals surface area contributed by atoms with Gasteiger partial charge >= 0.3 is 17.9 Å². The topological polar surface area (TPSA) is 140 Å². The maximum atomic E-state index is 11.0. The van der Waals surface area contributed by atoms with Gasteiger partial charge in [0.15, 0.2) is 13.6 Å². The van der Waals surface area contributed by atoms with E-state index in [0.717, 1.165) is 67.2 Å². The molecule has 0 aliphatic carbocycles. The van der Waals surface area contributed by atoms with Crippen molar-refractivity contribution in [3.63, 3.8) is 0 Å². The molecule has 4 aromatic carbocycles. The van der Waals surface area contributed by atoms with E-state index in [4.69, 9.17) is 33.2 Å². The van der Waals surface area contributed by atoms with Crippen LogP contribution in [0.3, 0.4) is 0 Å². The summed E-state index contributed by atoms with van der Waals surface area (Å²) in [5, 5.41) is 7.38. The highest BCUT2D eigenvalue weighted by Crippen LogP contribution is 2.25. The fourth-order valence-electron chi connectivity index (χ4n) is 5.65. The van der Waals surface area contributed by atoms with Crippen LogP contribution in [0.1, 0.15) is 60.3 Å². The van der Waals surface area contributed by atoms with Gasteiger partial charge in [-0.3, -0.25) is 14.4 Å². The van der Waals surface area contributed by atoms with Gasteiger partial charge in [0.1, 0.15) is 46.5 Å². The molecule has 0 bridgehead atoms. The summed E-state index contributed by atoms with van der Waals surface area (Å²) in [6.45, 7) is 13.6. The Labute approximate surface area is 452 Å². The highest BCUT2D eigenvalue weighted by Gasteiger charge is 2.03. The Morgan fingerprint density at radius 2 is 0.875 bits per heavy atom. The van der Waals surface area contributed by atoms with Crippen molar-refractivity contribution in [2.24, 2.45) is 0 Å². The molecule has 0 saturated carbocycles. The van der Waals surface area contributed by atoms with E-state index in [9.17, 15) is 14.4 Å². The lowest BCUT2D eigenvalue weighted by Gasteiger charge is -2.10. The van der Waals surface area contributed by atoms with Crippen molar-refractivity contribution < 1.29 is 47.5 Å². The van der Waals surface area contributed by atoms with Gasteiger partial charge in [-0.2, -0.15) is 0 Å². The van der Waals surface area contributed by atoms with Crippen molar-refractivity contribution in [1.29, 1.82) is 0 Å². The van der Waals surface area contributed by atoms with E-state index >= 15 is 0 Å². The van der Waals surface area contributed by atoms with E-state index < -0.39 is 0 Å². The van der Waals surface area contributed by atoms with Gasteiger partial charge in [-0.15, -0.1) is 0 Å². The second-order valence-electron chi connectivity index (χ2n) is 16.0. The van der Waals surface area contributed by atoms with Crippen LogP contribution in [0.4, 0.5) is 11.4 Å². The fourth-order valence-corrected chi connectivity index (χ4v) is 6.14. The second kappa shape index (κ2) is 41.1.